The standard InChI is InChI=1S/C3H8BFN/c1-3(2)6-4-5/h3,6H,1-2H3. The summed E-state index contributed by atoms with van der Waals surface area (Å²) in [7, 11) is 0.449. The Hall–Kier alpha value is -0.0451. The van der Waals surface area contributed by atoms with Crippen LogP contribution in [0.15, 0.2) is 0 Å². The van der Waals surface area contributed by atoms with Crippen molar-refractivity contribution in [1.82, 2.24) is 5.23 Å². The molecule has 0 rings (SSSR count). The Labute approximate surface area is 38.2 Å². The molecule has 0 aliphatic rings. The molecule has 1 nitrogen and oxygen atoms in total. The lowest BCUT2D eigenvalue weighted by Crippen LogP contribution is -2.23. The van der Waals surface area contributed by atoms with Gasteiger partial charge in [0.2, 0.25) is 0 Å². The number of hydrogen-bond donors (Lipinski definition) is 1. The minimum absolute atomic E-state index is 0.218. The van der Waals surface area contributed by atoms with Gasteiger partial charge in [-0.2, -0.15) is 0 Å². The zero-order valence-electron chi connectivity index (χ0n) is 4.03. The summed E-state index contributed by atoms with van der Waals surface area (Å²) in [6, 6.07) is 0.218. The van der Waals surface area contributed by atoms with Gasteiger partial charge in [0.15, 0.2) is 0 Å². The minimum atomic E-state index is 0.218. The maximum absolute atomic E-state index is 11.0. The normalized spacial score (nSPS) is 9.33. The Morgan fingerprint density at radius 1 is 1.67 bits per heavy atom. The molecule has 0 aliphatic heterocycles. The second-order valence-electron chi connectivity index (χ2n) is 1.43. The van der Waals surface area contributed by atoms with Gasteiger partial charge in [-0.1, -0.05) is 13.8 Å². The van der Waals surface area contributed by atoms with Crippen LogP contribution in [0.1, 0.15) is 13.8 Å². The highest BCUT2D eigenvalue weighted by Crippen LogP contribution is 1.70. The first-order valence-electron chi connectivity index (χ1n) is 1.95. The molecule has 1 N–H and O–H groups in total. The summed E-state index contributed by atoms with van der Waals surface area (Å²) in [5.74, 6) is 0. The van der Waals surface area contributed by atoms with Crippen LogP contribution in [0.2, 0.25) is 0 Å². The van der Waals surface area contributed by atoms with Gasteiger partial charge in [-0.3, -0.25) is 0 Å². The first kappa shape index (κ1) is 5.95. The van der Waals surface area contributed by atoms with Crippen molar-refractivity contribution < 1.29 is 4.32 Å². The largest absolute Gasteiger partial charge is 0.451 e. The number of rotatable bonds is 2. The summed E-state index contributed by atoms with van der Waals surface area (Å²) in [5.41, 5.74) is 0. The molecule has 0 amide bonds. The van der Waals surface area contributed by atoms with Crippen LogP contribution < -0.4 is 5.23 Å². The van der Waals surface area contributed by atoms with Gasteiger partial charge in [0.05, 0.1) is 0 Å². The Kier molecular flexibility index (Phi) is 3.13. The molecule has 0 spiro atoms. The molecule has 0 heterocycles. The van der Waals surface area contributed by atoms with Crippen LogP contribution in [-0.4, -0.2) is 13.7 Å². The van der Waals surface area contributed by atoms with E-state index in [0.29, 0.717) is 7.69 Å². The molecule has 0 saturated carbocycles. The third kappa shape index (κ3) is 3.95. The third-order valence-corrected chi connectivity index (χ3v) is 0.396. The summed E-state index contributed by atoms with van der Waals surface area (Å²) < 4.78 is 11.0. The molecule has 0 aromatic heterocycles. The van der Waals surface area contributed by atoms with Gasteiger partial charge >= 0.3 is 7.69 Å². The lowest BCUT2D eigenvalue weighted by atomic mass is 10.2. The lowest BCUT2D eigenvalue weighted by molar-refractivity contribution is 0.702. The van der Waals surface area contributed by atoms with Crippen molar-refractivity contribution in [2.24, 2.45) is 0 Å². The molecule has 0 unspecified atom stereocenters. The van der Waals surface area contributed by atoms with Crippen LogP contribution in [0.3, 0.4) is 0 Å². The summed E-state index contributed by atoms with van der Waals surface area (Å²) in [5, 5.41) is 2.42. The molecule has 0 bridgehead atoms. The molecule has 0 aromatic carbocycles. The van der Waals surface area contributed by atoms with Crippen LogP contribution in [-0.2, 0) is 0 Å². The molecule has 35 valence electrons. The minimum Gasteiger partial charge on any atom is -0.327 e. The van der Waals surface area contributed by atoms with E-state index in [1.165, 1.54) is 0 Å². The van der Waals surface area contributed by atoms with Gasteiger partial charge in [-0.25, -0.2) is 0 Å². The third-order valence-electron chi connectivity index (χ3n) is 0.396. The maximum Gasteiger partial charge on any atom is 0.451 e. The zero-order valence-corrected chi connectivity index (χ0v) is 4.03. The van der Waals surface area contributed by atoms with E-state index in [0.717, 1.165) is 0 Å². The van der Waals surface area contributed by atoms with Gasteiger partial charge in [0.25, 0.3) is 0 Å². The summed E-state index contributed by atoms with van der Waals surface area (Å²) >= 11 is 0. The monoisotopic (exact) mass is 88.1 g/mol. The SMILES string of the molecule is CC(C)N[B]F. The fourth-order valence-electron chi connectivity index (χ4n) is 0.126. The highest BCUT2D eigenvalue weighted by Gasteiger charge is 1.88. The molecule has 0 atom stereocenters. The summed E-state index contributed by atoms with van der Waals surface area (Å²) in [6.07, 6.45) is 0. The first-order valence-corrected chi connectivity index (χ1v) is 1.95. The van der Waals surface area contributed by atoms with Crippen LogP contribution in [0.25, 0.3) is 0 Å². The van der Waals surface area contributed by atoms with Crippen molar-refractivity contribution in [2.45, 2.75) is 19.9 Å². The van der Waals surface area contributed by atoms with Crippen LogP contribution >= 0.6 is 0 Å². The van der Waals surface area contributed by atoms with Crippen molar-refractivity contribution in [2.75, 3.05) is 0 Å². The van der Waals surface area contributed by atoms with E-state index in [-0.39, 0.29) is 6.04 Å². The number of hydrogen-bond acceptors (Lipinski definition) is 1. The number of halogens is 1. The van der Waals surface area contributed by atoms with Crippen molar-refractivity contribution in [3.63, 3.8) is 0 Å². The predicted octanol–water partition coefficient (Wildman–Crippen LogP) is 0.488. The van der Waals surface area contributed by atoms with Gasteiger partial charge in [0.1, 0.15) is 0 Å². The van der Waals surface area contributed by atoms with Gasteiger partial charge < -0.3 is 9.54 Å². The topological polar surface area (TPSA) is 12.0 Å². The Bertz CT molecular complexity index is 32.0. The van der Waals surface area contributed by atoms with Crippen molar-refractivity contribution >= 4 is 7.69 Å². The van der Waals surface area contributed by atoms with E-state index in [4.69, 9.17) is 0 Å². The van der Waals surface area contributed by atoms with Crippen molar-refractivity contribution in [3.05, 3.63) is 0 Å². The second-order valence-corrected chi connectivity index (χ2v) is 1.43. The fraction of sp³-hybridized carbons (Fsp3) is 1.00. The molecule has 0 saturated heterocycles. The van der Waals surface area contributed by atoms with Crippen LogP contribution in [0.4, 0.5) is 4.32 Å². The Morgan fingerprint density at radius 3 is 2.17 bits per heavy atom. The smallest absolute Gasteiger partial charge is 0.327 e. The summed E-state index contributed by atoms with van der Waals surface area (Å²) in [6.45, 7) is 3.74. The van der Waals surface area contributed by atoms with Crippen molar-refractivity contribution in [1.29, 1.82) is 0 Å². The Balaban J connectivity index is 2.63. The van der Waals surface area contributed by atoms with E-state index in [1.54, 1.807) is 0 Å². The molecule has 6 heavy (non-hydrogen) atoms. The van der Waals surface area contributed by atoms with E-state index in [1.807, 2.05) is 13.8 Å². The van der Waals surface area contributed by atoms with E-state index in [9.17, 15) is 4.32 Å². The average Bonchev–Trinajstić information content (AvgIpc) is 1.35. The van der Waals surface area contributed by atoms with Crippen molar-refractivity contribution in [3.8, 4) is 0 Å². The maximum atomic E-state index is 11.0. The van der Waals surface area contributed by atoms with Gasteiger partial charge in [0, 0.05) is 0 Å². The second kappa shape index (κ2) is 3.16. The predicted molar refractivity (Wildman–Crippen MR) is 25.1 cm³/mol. The highest BCUT2D eigenvalue weighted by molar-refractivity contribution is 6.22. The van der Waals surface area contributed by atoms with Gasteiger partial charge in [-0.05, 0) is 6.04 Å². The molecular formula is C3H8BFN. The quantitative estimate of drug-likeness (QED) is 0.484. The molecular weight excluding hydrogens is 79.8 g/mol. The fourth-order valence-corrected chi connectivity index (χ4v) is 0.126. The molecule has 0 fully saturated rings. The molecule has 3 heteroatoms. The number of nitrogens with one attached hydrogen (secondary N) is 1. The molecule has 1 radical (unpaired) electrons. The van der Waals surface area contributed by atoms with Gasteiger partial charge in [-0.15, -0.1) is 0 Å². The van der Waals surface area contributed by atoms with Crippen LogP contribution in [0.5, 0.6) is 0 Å². The van der Waals surface area contributed by atoms with E-state index >= 15 is 0 Å². The summed E-state index contributed by atoms with van der Waals surface area (Å²) in [4.78, 5) is 0. The van der Waals surface area contributed by atoms with E-state index in [2.05, 4.69) is 5.23 Å². The molecule has 0 aromatic rings. The average molecular weight is 87.9 g/mol. The zero-order chi connectivity index (χ0) is 4.99. The highest BCUT2D eigenvalue weighted by atomic mass is 19.1. The first-order chi connectivity index (χ1) is 2.77. The Morgan fingerprint density at radius 2 is 2.17 bits per heavy atom. The van der Waals surface area contributed by atoms with Crippen LogP contribution in [0, 0.1) is 0 Å². The van der Waals surface area contributed by atoms with E-state index < -0.39 is 0 Å². The molecule has 0 aliphatic carbocycles. The lowest BCUT2D eigenvalue weighted by Gasteiger charge is -1.97.